The maximum Gasteiger partial charge on any atom is 0.407 e. The van der Waals surface area contributed by atoms with Gasteiger partial charge in [-0.3, -0.25) is 0 Å². The van der Waals surface area contributed by atoms with Crippen LogP contribution in [0.1, 0.15) is 29.9 Å². The van der Waals surface area contributed by atoms with Crippen molar-refractivity contribution in [2.45, 2.75) is 30.9 Å². The molecule has 0 spiro atoms. The summed E-state index contributed by atoms with van der Waals surface area (Å²) in [5.74, 6) is -2.87. The molecule has 2 aromatic carbocycles. The lowest BCUT2D eigenvalue weighted by Crippen LogP contribution is -2.45. The van der Waals surface area contributed by atoms with E-state index in [0.29, 0.717) is 24.9 Å². The molecule has 132 valence electrons. The van der Waals surface area contributed by atoms with Crippen molar-refractivity contribution in [1.82, 2.24) is 4.90 Å². The molecule has 1 fully saturated rings. The minimum Gasteiger partial charge on any atom is -0.465 e. The Kier molecular flexibility index (Phi) is 4.99. The van der Waals surface area contributed by atoms with Crippen LogP contribution in [0, 0.1) is 11.6 Å². The van der Waals surface area contributed by atoms with Gasteiger partial charge in [-0.25, -0.2) is 13.6 Å². The molecule has 1 amide bonds. The van der Waals surface area contributed by atoms with Crippen molar-refractivity contribution >= 4 is 6.09 Å². The number of halogens is 2. The smallest absolute Gasteiger partial charge is 0.407 e. The van der Waals surface area contributed by atoms with Crippen molar-refractivity contribution < 1.29 is 23.8 Å². The quantitative estimate of drug-likeness (QED) is 0.888. The number of hydrogen-bond acceptors (Lipinski definition) is 2. The zero-order chi connectivity index (χ0) is 18.0. The molecular weight excluding hydrogens is 328 g/mol. The van der Waals surface area contributed by atoms with Gasteiger partial charge in [0.15, 0.2) is 11.6 Å². The first-order valence-corrected chi connectivity index (χ1v) is 8.17. The molecule has 1 heterocycles. The van der Waals surface area contributed by atoms with Gasteiger partial charge in [0.1, 0.15) is 0 Å². The first kappa shape index (κ1) is 17.4. The van der Waals surface area contributed by atoms with Gasteiger partial charge in [-0.05, 0) is 24.5 Å². The van der Waals surface area contributed by atoms with Crippen LogP contribution in [0.5, 0.6) is 0 Å². The third-order valence-electron chi connectivity index (χ3n) is 4.76. The predicted octanol–water partition coefficient (Wildman–Crippen LogP) is 3.60. The summed E-state index contributed by atoms with van der Waals surface area (Å²) in [6.45, 7) is 0.324. The molecule has 1 saturated heterocycles. The number of hydrogen-bond donors (Lipinski definition) is 2. The molecule has 0 radical (unpaired) electrons. The molecule has 1 aliphatic heterocycles. The molecule has 0 saturated carbocycles. The maximum atomic E-state index is 14.4. The lowest BCUT2D eigenvalue weighted by molar-refractivity contribution is 0.0576. The van der Waals surface area contributed by atoms with Gasteiger partial charge in [-0.1, -0.05) is 42.5 Å². The minimum absolute atomic E-state index is 0.0240. The molecule has 0 bridgehead atoms. The standard InChI is InChI=1S/C19H19F2NO3/c20-14-9-4-8-13(17(14)21)16(12-6-2-1-3-7-12)18(23)15-10-5-11-22(15)19(24)25/h1-4,6-9,15-16,18,23H,5,10-11H2,(H,24,25)/t15-,16+,18-/m1/s1. The minimum atomic E-state index is -1.18. The van der Waals surface area contributed by atoms with Crippen molar-refractivity contribution in [3.05, 3.63) is 71.3 Å². The molecule has 25 heavy (non-hydrogen) atoms. The van der Waals surface area contributed by atoms with Crippen LogP contribution < -0.4 is 0 Å². The summed E-state index contributed by atoms with van der Waals surface area (Å²) in [5.41, 5.74) is 0.632. The highest BCUT2D eigenvalue weighted by atomic mass is 19.2. The van der Waals surface area contributed by atoms with Gasteiger partial charge in [0.25, 0.3) is 0 Å². The van der Waals surface area contributed by atoms with Crippen molar-refractivity contribution in [3.8, 4) is 0 Å². The number of likely N-dealkylation sites (tertiary alicyclic amines) is 1. The van der Waals surface area contributed by atoms with Crippen LogP contribution in [0.25, 0.3) is 0 Å². The van der Waals surface area contributed by atoms with Gasteiger partial charge in [-0.15, -0.1) is 0 Å². The summed E-state index contributed by atoms with van der Waals surface area (Å²) in [6.07, 6.45) is -1.19. The van der Waals surface area contributed by atoms with Crippen molar-refractivity contribution in [3.63, 3.8) is 0 Å². The molecule has 0 unspecified atom stereocenters. The van der Waals surface area contributed by atoms with Gasteiger partial charge in [0.2, 0.25) is 0 Å². The van der Waals surface area contributed by atoms with Crippen LogP contribution in [0.3, 0.4) is 0 Å². The molecule has 0 aliphatic carbocycles. The second-order valence-electron chi connectivity index (χ2n) is 6.21. The third kappa shape index (κ3) is 3.35. The monoisotopic (exact) mass is 347 g/mol. The second kappa shape index (κ2) is 7.19. The first-order valence-electron chi connectivity index (χ1n) is 8.17. The maximum absolute atomic E-state index is 14.4. The Labute approximate surface area is 144 Å². The van der Waals surface area contributed by atoms with E-state index in [-0.39, 0.29) is 5.56 Å². The first-order chi connectivity index (χ1) is 12.0. The van der Waals surface area contributed by atoms with Crippen LogP contribution >= 0.6 is 0 Å². The van der Waals surface area contributed by atoms with Gasteiger partial charge in [0.05, 0.1) is 12.1 Å². The highest BCUT2D eigenvalue weighted by Crippen LogP contribution is 2.36. The predicted molar refractivity (Wildman–Crippen MR) is 88.4 cm³/mol. The number of aliphatic hydroxyl groups excluding tert-OH is 1. The van der Waals surface area contributed by atoms with Crippen molar-refractivity contribution in [2.75, 3.05) is 6.54 Å². The van der Waals surface area contributed by atoms with Crippen LogP contribution in [0.15, 0.2) is 48.5 Å². The number of carboxylic acid groups (broad SMARTS) is 1. The summed E-state index contributed by atoms with van der Waals surface area (Å²) in [4.78, 5) is 12.6. The number of carbonyl (C=O) groups is 1. The number of amides is 1. The van der Waals surface area contributed by atoms with E-state index in [1.807, 2.05) is 0 Å². The second-order valence-corrected chi connectivity index (χ2v) is 6.21. The normalized spacial score (nSPS) is 19.6. The Balaban J connectivity index is 2.05. The Morgan fingerprint density at radius 3 is 2.52 bits per heavy atom. The fraction of sp³-hybridized carbons (Fsp3) is 0.316. The van der Waals surface area contributed by atoms with E-state index >= 15 is 0 Å². The van der Waals surface area contributed by atoms with E-state index < -0.39 is 35.8 Å². The summed E-state index contributed by atoms with van der Waals surface area (Å²) in [6, 6.07) is 11.9. The Morgan fingerprint density at radius 1 is 1.12 bits per heavy atom. The summed E-state index contributed by atoms with van der Waals surface area (Å²) in [5, 5.41) is 20.3. The SMILES string of the molecule is O=C(O)N1CCC[C@@H]1[C@@H](O)[C@@H](c1ccccc1)c1cccc(F)c1F. The van der Waals surface area contributed by atoms with E-state index in [1.165, 1.54) is 17.0 Å². The van der Waals surface area contributed by atoms with Crippen LogP contribution in [-0.4, -0.2) is 39.9 Å². The molecule has 2 aromatic rings. The molecule has 3 rings (SSSR count). The van der Waals surface area contributed by atoms with Crippen LogP contribution in [0.4, 0.5) is 13.6 Å². The van der Waals surface area contributed by atoms with E-state index in [0.717, 1.165) is 6.07 Å². The van der Waals surface area contributed by atoms with E-state index in [1.54, 1.807) is 30.3 Å². The van der Waals surface area contributed by atoms with E-state index in [4.69, 9.17) is 0 Å². The Morgan fingerprint density at radius 2 is 1.84 bits per heavy atom. The zero-order valence-electron chi connectivity index (χ0n) is 13.5. The van der Waals surface area contributed by atoms with Crippen molar-refractivity contribution in [2.24, 2.45) is 0 Å². The molecule has 6 heteroatoms. The molecule has 3 atom stereocenters. The number of nitrogens with zero attached hydrogens (tertiary/aromatic N) is 1. The highest BCUT2D eigenvalue weighted by molar-refractivity contribution is 5.66. The third-order valence-corrected chi connectivity index (χ3v) is 4.76. The highest BCUT2D eigenvalue weighted by Gasteiger charge is 2.39. The summed E-state index contributed by atoms with van der Waals surface area (Å²) < 4.78 is 28.2. The number of rotatable bonds is 4. The summed E-state index contributed by atoms with van der Waals surface area (Å²) >= 11 is 0. The Hall–Kier alpha value is -2.47. The zero-order valence-corrected chi connectivity index (χ0v) is 13.5. The topological polar surface area (TPSA) is 60.8 Å². The van der Waals surface area contributed by atoms with E-state index in [2.05, 4.69) is 0 Å². The molecular formula is C19H19F2NO3. The van der Waals surface area contributed by atoms with Gasteiger partial charge in [0, 0.05) is 18.0 Å². The van der Waals surface area contributed by atoms with Crippen molar-refractivity contribution in [1.29, 1.82) is 0 Å². The largest absolute Gasteiger partial charge is 0.465 e. The van der Waals surface area contributed by atoms with E-state index in [9.17, 15) is 23.8 Å². The van der Waals surface area contributed by atoms with Gasteiger partial charge in [-0.2, -0.15) is 0 Å². The van der Waals surface area contributed by atoms with Gasteiger partial charge >= 0.3 is 6.09 Å². The summed E-state index contributed by atoms with van der Waals surface area (Å²) in [7, 11) is 0. The average molecular weight is 347 g/mol. The number of benzene rings is 2. The Bertz CT molecular complexity index is 754. The molecule has 4 nitrogen and oxygen atoms in total. The molecule has 0 aromatic heterocycles. The van der Waals surface area contributed by atoms with Crippen LogP contribution in [-0.2, 0) is 0 Å². The lowest BCUT2D eigenvalue weighted by atomic mass is 9.82. The molecule has 1 aliphatic rings. The molecule has 2 N–H and O–H groups in total. The van der Waals surface area contributed by atoms with Gasteiger partial charge < -0.3 is 15.1 Å². The lowest BCUT2D eigenvalue weighted by Gasteiger charge is -2.32. The fourth-order valence-electron chi connectivity index (χ4n) is 3.59. The fourth-order valence-corrected chi connectivity index (χ4v) is 3.59. The number of aliphatic hydroxyl groups is 1. The van der Waals surface area contributed by atoms with Crippen LogP contribution in [0.2, 0.25) is 0 Å². The average Bonchev–Trinajstić information content (AvgIpc) is 3.10.